The van der Waals surface area contributed by atoms with Crippen LogP contribution in [-0.4, -0.2) is 22.1 Å². The average molecular weight is 243 g/mol. The highest BCUT2D eigenvalue weighted by Gasteiger charge is 2.37. The van der Waals surface area contributed by atoms with E-state index in [1.165, 1.54) is 6.42 Å². The van der Waals surface area contributed by atoms with Gasteiger partial charge in [-0.05, 0) is 30.5 Å². The second kappa shape index (κ2) is 6.01. The molecule has 4 nitrogen and oxygen atoms in total. The summed E-state index contributed by atoms with van der Waals surface area (Å²) in [5, 5.41) is 3.38. The van der Waals surface area contributed by atoms with Crippen molar-refractivity contribution in [3.63, 3.8) is 0 Å². The molecule has 90 valence electrons. The lowest BCUT2D eigenvalue weighted by atomic mass is 10.3. The standard InChI is InChI=1S/C8H11ClN4.C3H8/c9-7-11-4-1-6(13-7)12-5-8(10)2-3-8;1-3-2/h1,4H,2-3,5,10H2,(H,11,12,13);3H2,1-2H3. The Morgan fingerprint density at radius 1 is 1.50 bits per heavy atom. The number of nitrogens with zero attached hydrogens (tertiary/aromatic N) is 2. The first-order chi connectivity index (χ1) is 7.59. The fourth-order valence-corrected chi connectivity index (χ4v) is 1.18. The van der Waals surface area contributed by atoms with E-state index in [4.69, 9.17) is 17.3 Å². The molecule has 16 heavy (non-hydrogen) atoms. The molecule has 1 aromatic heterocycles. The second-order valence-corrected chi connectivity index (χ2v) is 4.47. The molecule has 3 N–H and O–H groups in total. The molecule has 0 aromatic carbocycles. The van der Waals surface area contributed by atoms with Gasteiger partial charge in [0.15, 0.2) is 0 Å². The maximum Gasteiger partial charge on any atom is 0.224 e. The van der Waals surface area contributed by atoms with Crippen LogP contribution in [0.25, 0.3) is 0 Å². The van der Waals surface area contributed by atoms with Crippen molar-refractivity contribution in [3.8, 4) is 0 Å². The van der Waals surface area contributed by atoms with Gasteiger partial charge in [-0.3, -0.25) is 0 Å². The lowest BCUT2D eigenvalue weighted by Gasteiger charge is -2.10. The summed E-state index contributed by atoms with van der Waals surface area (Å²) in [5.74, 6) is 0.733. The van der Waals surface area contributed by atoms with Crippen LogP contribution in [0.5, 0.6) is 0 Å². The molecule has 1 aromatic rings. The largest absolute Gasteiger partial charge is 0.368 e. The van der Waals surface area contributed by atoms with E-state index in [1.807, 2.05) is 0 Å². The Bertz CT molecular complexity index is 326. The zero-order chi connectivity index (χ0) is 12.0. The lowest BCUT2D eigenvalue weighted by Crippen LogP contribution is -2.31. The van der Waals surface area contributed by atoms with E-state index >= 15 is 0 Å². The van der Waals surface area contributed by atoms with E-state index in [2.05, 4.69) is 29.1 Å². The SMILES string of the molecule is CCC.NC1(CNc2ccnc(Cl)n2)CC1. The van der Waals surface area contributed by atoms with Crippen molar-refractivity contribution >= 4 is 17.4 Å². The molecule has 1 saturated carbocycles. The van der Waals surface area contributed by atoms with Gasteiger partial charge in [0, 0.05) is 18.3 Å². The minimum Gasteiger partial charge on any atom is -0.368 e. The zero-order valence-corrected chi connectivity index (χ0v) is 10.6. The minimum absolute atomic E-state index is 0.0164. The molecule has 1 heterocycles. The van der Waals surface area contributed by atoms with Gasteiger partial charge in [0.05, 0.1) is 0 Å². The van der Waals surface area contributed by atoms with Gasteiger partial charge in [-0.1, -0.05) is 20.3 Å². The first-order valence-electron chi connectivity index (χ1n) is 5.61. The molecule has 0 bridgehead atoms. The Labute approximate surface area is 102 Å². The van der Waals surface area contributed by atoms with E-state index in [0.29, 0.717) is 0 Å². The van der Waals surface area contributed by atoms with Crippen LogP contribution in [0.1, 0.15) is 33.1 Å². The minimum atomic E-state index is -0.0164. The predicted octanol–water partition coefficient (Wildman–Crippen LogP) is 2.45. The maximum atomic E-state index is 5.89. The van der Waals surface area contributed by atoms with Crippen molar-refractivity contribution in [1.29, 1.82) is 0 Å². The number of anilines is 1. The summed E-state index contributed by atoms with van der Waals surface area (Å²) in [5.41, 5.74) is 5.88. The van der Waals surface area contributed by atoms with Crippen LogP contribution < -0.4 is 11.1 Å². The van der Waals surface area contributed by atoms with Gasteiger partial charge < -0.3 is 11.1 Å². The molecule has 1 aliphatic rings. The molecular formula is C11H19ClN4. The Hall–Kier alpha value is -0.870. The van der Waals surface area contributed by atoms with Crippen LogP contribution in [-0.2, 0) is 0 Å². The number of hydrogen-bond acceptors (Lipinski definition) is 4. The number of nitrogens with two attached hydrogens (primary N) is 1. The summed E-state index contributed by atoms with van der Waals surface area (Å²) in [7, 11) is 0. The van der Waals surface area contributed by atoms with Crippen LogP contribution in [0, 0.1) is 0 Å². The predicted molar refractivity (Wildman–Crippen MR) is 67.6 cm³/mol. The van der Waals surface area contributed by atoms with Gasteiger partial charge in [-0.2, -0.15) is 0 Å². The molecule has 0 aliphatic heterocycles. The van der Waals surface area contributed by atoms with Crippen LogP contribution >= 0.6 is 11.6 Å². The molecule has 2 rings (SSSR count). The summed E-state index contributed by atoms with van der Waals surface area (Å²) in [6.45, 7) is 5.00. The zero-order valence-electron chi connectivity index (χ0n) is 9.83. The van der Waals surface area contributed by atoms with E-state index < -0.39 is 0 Å². The van der Waals surface area contributed by atoms with Crippen molar-refractivity contribution in [1.82, 2.24) is 9.97 Å². The first kappa shape index (κ1) is 13.2. The van der Waals surface area contributed by atoms with Crippen molar-refractivity contribution in [2.24, 2.45) is 5.73 Å². The van der Waals surface area contributed by atoms with Crippen LogP contribution in [0.3, 0.4) is 0 Å². The second-order valence-electron chi connectivity index (χ2n) is 4.13. The summed E-state index contributed by atoms with van der Waals surface area (Å²) in [4.78, 5) is 7.77. The van der Waals surface area contributed by atoms with E-state index in [-0.39, 0.29) is 10.8 Å². The van der Waals surface area contributed by atoms with Gasteiger partial charge in [0.25, 0.3) is 0 Å². The molecule has 0 amide bonds. The Morgan fingerprint density at radius 2 is 2.12 bits per heavy atom. The maximum absolute atomic E-state index is 5.89. The van der Waals surface area contributed by atoms with E-state index in [1.54, 1.807) is 12.3 Å². The van der Waals surface area contributed by atoms with Crippen LogP contribution in [0.4, 0.5) is 5.82 Å². The number of halogens is 1. The topological polar surface area (TPSA) is 63.8 Å². The van der Waals surface area contributed by atoms with Crippen molar-refractivity contribution < 1.29 is 0 Å². The highest BCUT2D eigenvalue weighted by Crippen LogP contribution is 2.31. The third-order valence-electron chi connectivity index (χ3n) is 2.14. The lowest BCUT2D eigenvalue weighted by molar-refractivity contribution is 0.711. The van der Waals surface area contributed by atoms with Gasteiger partial charge >= 0.3 is 0 Å². The smallest absolute Gasteiger partial charge is 0.224 e. The third-order valence-corrected chi connectivity index (χ3v) is 2.32. The molecule has 1 aliphatic carbocycles. The first-order valence-corrected chi connectivity index (χ1v) is 5.99. The molecule has 0 saturated heterocycles. The van der Waals surface area contributed by atoms with E-state index in [9.17, 15) is 0 Å². The third kappa shape index (κ3) is 4.77. The Balaban J connectivity index is 0.000000386. The summed E-state index contributed by atoms with van der Waals surface area (Å²) in [6.07, 6.45) is 5.03. The quantitative estimate of drug-likeness (QED) is 0.800. The highest BCUT2D eigenvalue weighted by atomic mass is 35.5. The number of hydrogen-bond donors (Lipinski definition) is 2. The fourth-order valence-electron chi connectivity index (χ4n) is 1.04. The van der Waals surface area contributed by atoms with Gasteiger partial charge in [-0.15, -0.1) is 0 Å². The fraction of sp³-hybridized carbons (Fsp3) is 0.636. The summed E-state index contributed by atoms with van der Waals surface area (Å²) >= 11 is 5.62. The number of nitrogens with one attached hydrogen (secondary N) is 1. The monoisotopic (exact) mass is 242 g/mol. The molecule has 0 unspecified atom stereocenters. The molecule has 0 spiro atoms. The number of aromatic nitrogens is 2. The number of rotatable bonds is 3. The van der Waals surface area contributed by atoms with Crippen molar-refractivity contribution in [3.05, 3.63) is 17.5 Å². The molecule has 0 radical (unpaired) electrons. The normalized spacial score (nSPS) is 16.0. The van der Waals surface area contributed by atoms with Crippen molar-refractivity contribution in [2.75, 3.05) is 11.9 Å². The van der Waals surface area contributed by atoms with Crippen molar-refractivity contribution in [2.45, 2.75) is 38.6 Å². The van der Waals surface area contributed by atoms with Gasteiger partial charge in [0.1, 0.15) is 5.82 Å². The highest BCUT2D eigenvalue weighted by molar-refractivity contribution is 6.28. The summed E-state index contributed by atoms with van der Waals surface area (Å²) in [6, 6.07) is 1.78. The molecule has 5 heteroatoms. The van der Waals surface area contributed by atoms with Crippen LogP contribution in [0.2, 0.25) is 5.28 Å². The Morgan fingerprint density at radius 3 is 2.62 bits per heavy atom. The molecule has 0 atom stereocenters. The molecular weight excluding hydrogens is 224 g/mol. The molecule has 1 fully saturated rings. The average Bonchev–Trinajstić information content (AvgIpc) is 2.96. The van der Waals surface area contributed by atoms with Gasteiger partial charge in [-0.25, -0.2) is 9.97 Å². The summed E-state index contributed by atoms with van der Waals surface area (Å²) < 4.78 is 0. The Kier molecular flexibility index (Phi) is 4.96. The van der Waals surface area contributed by atoms with E-state index in [0.717, 1.165) is 25.2 Å². The van der Waals surface area contributed by atoms with Gasteiger partial charge in [0.2, 0.25) is 5.28 Å². The van der Waals surface area contributed by atoms with Crippen LogP contribution in [0.15, 0.2) is 12.3 Å².